The van der Waals surface area contributed by atoms with E-state index in [0.29, 0.717) is 21.7 Å². The molecule has 6 nitrogen and oxygen atoms in total. The number of rotatable bonds is 5. The normalized spacial score (nSPS) is 12.2. The van der Waals surface area contributed by atoms with Gasteiger partial charge in [-0.25, -0.2) is 9.18 Å². The van der Waals surface area contributed by atoms with Crippen molar-refractivity contribution >= 4 is 39.6 Å². The largest absolute Gasteiger partial charge is 0.454 e. The Morgan fingerprint density at radius 3 is 2.85 bits per heavy atom. The molecule has 0 atom stereocenters. The van der Waals surface area contributed by atoms with Crippen molar-refractivity contribution in [3.8, 4) is 11.5 Å². The highest BCUT2D eigenvalue weighted by atomic mass is 79.9. The number of carbonyl (C=O) groups is 2. The van der Waals surface area contributed by atoms with Crippen molar-refractivity contribution in [2.24, 2.45) is 0 Å². The number of halogens is 2. The zero-order chi connectivity index (χ0) is 18.5. The molecule has 2 aromatic rings. The molecule has 3 rings (SSSR count). The molecule has 0 unspecified atom stereocenters. The lowest BCUT2D eigenvalue weighted by Gasteiger charge is -2.06. The summed E-state index contributed by atoms with van der Waals surface area (Å²) in [5, 5.41) is 2.58. The predicted molar refractivity (Wildman–Crippen MR) is 95.3 cm³/mol. The molecule has 26 heavy (non-hydrogen) atoms. The maximum atomic E-state index is 13.6. The van der Waals surface area contributed by atoms with Crippen LogP contribution in [0, 0.1) is 5.82 Å². The fourth-order valence-corrected chi connectivity index (χ4v) is 2.54. The molecular formula is C18H13BrFNO5. The first-order valence-corrected chi connectivity index (χ1v) is 8.30. The number of amides is 1. The van der Waals surface area contributed by atoms with Gasteiger partial charge in [-0.15, -0.1) is 0 Å². The van der Waals surface area contributed by atoms with Crippen LogP contribution in [-0.2, 0) is 14.3 Å². The van der Waals surface area contributed by atoms with Crippen LogP contribution >= 0.6 is 15.9 Å². The van der Waals surface area contributed by atoms with Crippen molar-refractivity contribution in [2.75, 3.05) is 18.7 Å². The first-order valence-electron chi connectivity index (χ1n) is 7.50. The number of anilines is 1. The number of hydrogen-bond acceptors (Lipinski definition) is 5. The van der Waals surface area contributed by atoms with Crippen LogP contribution in [0.2, 0.25) is 0 Å². The highest BCUT2D eigenvalue weighted by Crippen LogP contribution is 2.34. The summed E-state index contributed by atoms with van der Waals surface area (Å²) in [6.07, 6.45) is 2.33. The lowest BCUT2D eigenvalue weighted by atomic mass is 10.2. The lowest BCUT2D eigenvalue weighted by Crippen LogP contribution is -2.20. The van der Waals surface area contributed by atoms with E-state index in [-0.39, 0.29) is 12.4 Å². The zero-order valence-electron chi connectivity index (χ0n) is 13.3. The number of nitrogens with one attached hydrogen (secondary N) is 1. The molecule has 1 aliphatic heterocycles. The molecule has 0 aliphatic carbocycles. The Kier molecular flexibility index (Phi) is 5.52. The molecule has 2 aromatic carbocycles. The van der Waals surface area contributed by atoms with Gasteiger partial charge in [-0.2, -0.15) is 0 Å². The molecule has 0 saturated carbocycles. The van der Waals surface area contributed by atoms with Gasteiger partial charge >= 0.3 is 5.97 Å². The summed E-state index contributed by atoms with van der Waals surface area (Å²) in [5.74, 6) is -0.625. The van der Waals surface area contributed by atoms with Crippen LogP contribution in [0.1, 0.15) is 5.56 Å². The van der Waals surface area contributed by atoms with E-state index in [1.165, 1.54) is 18.2 Å². The molecule has 0 saturated heterocycles. The molecule has 1 heterocycles. The van der Waals surface area contributed by atoms with E-state index in [4.69, 9.17) is 14.2 Å². The van der Waals surface area contributed by atoms with Crippen LogP contribution in [0.5, 0.6) is 11.5 Å². The van der Waals surface area contributed by atoms with Gasteiger partial charge in [-0.3, -0.25) is 4.79 Å². The van der Waals surface area contributed by atoms with Crippen molar-refractivity contribution < 1.29 is 28.2 Å². The maximum absolute atomic E-state index is 13.6. The van der Waals surface area contributed by atoms with E-state index < -0.39 is 24.3 Å². The van der Waals surface area contributed by atoms with E-state index in [1.807, 2.05) is 0 Å². The Bertz CT molecular complexity index is 884. The second-order valence-corrected chi connectivity index (χ2v) is 6.14. The van der Waals surface area contributed by atoms with Gasteiger partial charge < -0.3 is 19.5 Å². The summed E-state index contributed by atoms with van der Waals surface area (Å²) in [7, 11) is 0. The molecule has 1 aliphatic rings. The summed E-state index contributed by atoms with van der Waals surface area (Å²) in [6.45, 7) is -0.339. The van der Waals surface area contributed by atoms with Gasteiger partial charge in [0.15, 0.2) is 18.1 Å². The summed E-state index contributed by atoms with van der Waals surface area (Å²) in [6, 6.07) is 9.26. The van der Waals surface area contributed by atoms with Crippen LogP contribution in [0.15, 0.2) is 46.9 Å². The molecule has 1 amide bonds. The van der Waals surface area contributed by atoms with Crippen LogP contribution in [0.4, 0.5) is 10.1 Å². The van der Waals surface area contributed by atoms with Crippen LogP contribution in [0.25, 0.3) is 6.08 Å². The smallest absolute Gasteiger partial charge is 0.331 e. The lowest BCUT2D eigenvalue weighted by molar-refractivity contribution is -0.142. The standard InChI is InChI=1S/C18H13BrFNO5/c19-12-2-4-14(20)11(7-12)1-6-18(23)24-9-17(22)21-13-3-5-15-16(8-13)26-10-25-15/h1-8H,9-10H2,(H,21,22)/b6-1+. The minimum Gasteiger partial charge on any atom is -0.454 e. The van der Waals surface area contributed by atoms with Crippen LogP contribution in [0.3, 0.4) is 0 Å². The Hall–Kier alpha value is -2.87. The fourth-order valence-electron chi connectivity index (χ4n) is 2.16. The van der Waals surface area contributed by atoms with Gasteiger partial charge in [0.25, 0.3) is 5.91 Å². The minimum absolute atomic E-state index is 0.134. The Labute approximate surface area is 156 Å². The maximum Gasteiger partial charge on any atom is 0.331 e. The van der Waals surface area contributed by atoms with Gasteiger partial charge in [0.2, 0.25) is 6.79 Å². The summed E-state index contributed by atoms with van der Waals surface area (Å²) < 4.78 is 29.5. The number of benzene rings is 2. The third-order valence-corrected chi connectivity index (χ3v) is 3.85. The molecule has 134 valence electrons. The van der Waals surface area contributed by atoms with Crippen molar-refractivity contribution in [3.05, 3.63) is 58.3 Å². The Morgan fingerprint density at radius 1 is 1.19 bits per heavy atom. The first kappa shape index (κ1) is 17.9. The number of ether oxygens (including phenoxy) is 3. The zero-order valence-corrected chi connectivity index (χ0v) is 14.9. The van der Waals surface area contributed by atoms with Crippen LogP contribution < -0.4 is 14.8 Å². The molecule has 0 spiro atoms. The first-order chi connectivity index (χ1) is 12.5. The van der Waals surface area contributed by atoms with Gasteiger partial charge in [0.05, 0.1) is 0 Å². The van der Waals surface area contributed by atoms with Gasteiger partial charge in [0, 0.05) is 27.9 Å². The molecule has 8 heteroatoms. The van der Waals surface area contributed by atoms with E-state index in [1.54, 1.807) is 24.3 Å². The molecule has 0 radical (unpaired) electrons. The van der Waals surface area contributed by atoms with E-state index in [9.17, 15) is 14.0 Å². The number of carbonyl (C=O) groups excluding carboxylic acids is 2. The Morgan fingerprint density at radius 2 is 2.00 bits per heavy atom. The predicted octanol–water partition coefficient (Wildman–Crippen LogP) is 3.51. The van der Waals surface area contributed by atoms with E-state index in [0.717, 1.165) is 6.08 Å². The third-order valence-electron chi connectivity index (χ3n) is 3.36. The van der Waals surface area contributed by atoms with Crippen LogP contribution in [-0.4, -0.2) is 25.3 Å². The second-order valence-electron chi connectivity index (χ2n) is 5.22. The monoisotopic (exact) mass is 421 g/mol. The summed E-state index contributed by atoms with van der Waals surface area (Å²) in [5.41, 5.74) is 0.711. The van der Waals surface area contributed by atoms with E-state index >= 15 is 0 Å². The highest BCUT2D eigenvalue weighted by molar-refractivity contribution is 9.10. The van der Waals surface area contributed by atoms with Crippen molar-refractivity contribution in [1.82, 2.24) is 0 Å². The van der Waals surface area contributed by atoms with Gasteiger partial charge in [-0.05, 0) is 36.4 Å². The summed E-state index contributed by atoms with van der Waals surface area (Å²) in [4.78, 5) is 23.5. The molecule has 0 aromatic heterocycles. The average molecular weight is 422 g/mol. The molecular weight excluding hydrogens is 409 g/mol. The minimum atomic E-state index is -0.759. The second kappa shape index (κ2) is 8.01. The quantitative estimate of drug-likeness (QED) is 0.590. The van der Waals surface area contributed by atoms with Crippen molar-refractivity contribution in [1.29, 1.82) is 0 Å². The summed E-state index contributed by atoms with van der Waals surface area (Å²) >= 11 is 3.22. The SMILES string of the molecule is O=C(COC(=O)/C=C/c1cc(Br)ccc1F)Nc1ccc2c(c1)OCO2. The van der Waals surface area contributed by atoms with Crippen molar-refractivity contribution in [2.45, 2.75) is 0 Å². The van der Waals surface area contributed by atoms with Gasteiger partial charge in [-0.1, -0.05) is 15.9 Å². The third kappa shape index (κ3) is 4.60. The molecule has 0 bridgehead atoms. The molecule has 0 fully saturated rings. The number of hydrogen-bond donors (Lipinski definition) is 1. The average Bonchev–Trinajstić information content (AvgIpc) is 3.08. The Balaban J connectivity index is 1.50. The van der Waals surface area contributed by atoms with E-state index in [2.05, 4.69) is 21.2 Å². The van der Waals surface area contributed by atoms with Crippen molar-refractivity contribution in [3.63, 3.8) is 0 Å². The topological polar surface area (TPSA) is 73.9 Å². The number of esters is 1. The fraction of sp³-hybridized carbons (Fsp3) is 0.111. The van der Waals surface area contributed by atoms with Gasteiger partial charge in [0.1, 0.15) is 5.82 Å². The molecule has 1 N–H and O–H groups in total. The number of fused-ring (bicyclic) bond motifs is 1. The highest BCUT2D eigenvalue weighted by Gasteiger charge is 2.14.